The Bertz CT molecular complexity index is 724. The number of benzene rings is 2. The van der Waals surface area contributed by atoms with Gasteiger partial charge in [0.1, 0.15) is 0 Å². The molecule has 100 valence electrons. The summed E-state index contributed by atoms with van der Waals surface area (Å²) in [4.78, 5) is 25.8. The van der Waals surface area contributed by atoms with Gasteiger partial charge < -0.3 is 4.90 Å². The molecule has 1 aliphatic heterocycles. The first-order valence-corrected chi connectivity index (χ1v) is 7.07. The van der Waals surface area contributed by atoms with Gasteiger partial charge in [0.2, 0.25) is 0 Å². The SMILES string of the molecule is Cc1cccc(CN2C(=O)C(=O)c3c(Br)cccc32)c1. The van der Waals surface area contributed by atoms with E-state index in [9.17, 15) is 9.59 Å². The average Bonchev–Trinajstić information content (AvgIpc) is 2.65. The third-order valence-electron chi connectivity index (χ3n) is 3.37. The van der Waals surface area contributed by atoms with Crippen molar-refractivity contribution < 1.29 is 9.59 Å². The highest BCUT2D eigenvalue weighted by Gasteiger charge is 2.37. The second kappa shape index (κ2) is 4.87. The number of hydrogen-bond acceptors (Lipinski definition) is 2. The lowest BCUT2D eigenvalue weighted by atomic mass is 10.1. The molecule has 20 heavy (non-hydrogen) atoms. The van der Waals surface area contributed by atoms with Crippen LogP contribution in [-0.2, 0) is 11.3 Å². The minimum Gasteiger partial charge on any atom is -0.300 e. The second-order valence-electron chi connectivity index (χ2n) is 4.84. The van der Waals surface area contributed by atoms with Crippen LogP contribution in [0.2, 0.25) is 0 Å². The van der Waals surface area contributed by atoms with E-state index in [0.29, 0.717) is 22.3 Å². The fourth-order valence-electron chi connectivity index (χ4n) is 2.45. The van der Waals surface area contributed by atoms with E-state index >= 15 is 0 Å². The molecule has 0 spiro atoms. The van der Waals surface area contributed by atoms with Crippen molar-refractivity contribution in [1.29, 1.82) is 0 Å². The highest BCUT2D eigenvalue weighted by atomic mass is 79.9. The normalized spacial score (nSPS) is 13.8. The summed E-state index contributed by atoms with van der Waals surface area (Å²) in [7, 11) is 0. The molecule has 1 heterocycles. The first kappa shape index (κ1) is 13.1. The van der Waals surface area contributed by atoms with Crippen LogP contribution in [0.4, 0.5) is 5.69 Å². The molecule has 3 nitrogen and oxygen atoms in total. The Kier molecular flexibility index (Phi) is 3.18. The third kappa shape index (κ3) is 2.06. The zero-order valence-corrected chi connectivity index (χ0v) is 12.5. The molecule has 0 saturated carbocycles. The van der Waals surface area contributed by atoms with Crippen LogP contribution < -0.4 is 4.90 Å². The minimum atomic E-state index is -0.464. The summed E-state index contributed by atoms with van der Waals surface area (Å²) in [5.41, 5.74) is 3.29. The maximum absolute atomic E-state index is 12.2. The predicted octanol–water partition coefficient (Wildman–Crippen LogP) is 3.49. The Morgan fingerprint density at radius 3 is 2.60 bits per heavy atom. The lowest BCUT2D eigenvalue weighted by Crippen LogP contribution is -2.29. The second-order valence-corrected chi connectivity index (χ2v) is 5.70. The monoisotopic (exact) mass is 329 g/mol. The fraction of sp³-hybridized carbons (Fsp3) is 0.125. The number of rotatable bonds is 2. The molecule has 1 amide bonds. The van der Waals surface area contributed by atoms with Crippen LogP contribution in [0.5, 0.6) is 0 Å². The van der Waals surface area contributed by atoms with Crippen molar-refractivity contribution in [3.63, 3.8) is 0 Å². The van der Waals surface area contributed by atoms with Gasteiger partial charge in [-0.15, -0.1) is 0 Å². The predicted molar refractivity (Wildman–Crippen MR) is 80.8 cm³/mol. The van der Waals surface area contributed by atoms with E-state index in [0.717, 1.165) is 11.1 Å². The Morgan fingerprint density at radius 1 is 1.10 bits per heavy atom. The molecule has 0 N–H and O–H groups in total. The number of carbonyl (C=O) groups is 2. The maximum Gasteiger partial charge on any atom is 0.299 e. The number of amides is 1. The third-order valence-corrected chi connectivity index (χ3v) is 4.03. The number of anilines is 1. The van der Waals surface area contributed by atoms with Gasteiger partial charge in [-0.05, 0) is 40.5 Å². The molecule has 0 radical (unpaired) electrons. The molecule has 2 aromatic rings. The summed E-state index contributed by atoms with van der Waals surface area (Å²) in [5.74, 6) is -0.909. The van der Waals surface area contributed by atoms with Gasteiger partial charge in [-0.2, -0.15) is 0 Å². The van der Waals surface area contributed by atoms with Crippen LogP contribution in [0.25, 0.3) is 0 Å². The van der Waals surface area contributed by atoms with Gasteiger partial charge in [0.05, 0.1) is 17.8 Å². The first-order chi connectivity index (χ1) is 9.58. The van der Waals surface area contributed by atoms with Gasteiger partial charge >= 0.3 is 0 Å². The molecule has 0 unspecified atom stereocenters. The van der Waals surface area contributed by atoms with E-state index in [1.807, 2.05) is 37.3 Å². The number of carbonyl (C=O) groups excluding carboxylic acids is 2. The summed E-state index contributed by atoms with van der Waals surface area (Å²) in [6.07, 6.45) is 0. The Balaban J connectivity index is 2.02. The highest BCUT2D eigenvalue weighted by Crippen LogP contribution is 2.35. The lowest BCUT2D eigenvalue weighted by Gasteiger charge is -2.17. The Morgan fingerprint density at radius 2 is 1.85 bits per heavy atom. The van der Waals surface area contributed by atoms with Crippen LogP contribution in [0.15, 0.2) is 46.9 Å². The minimum absolute atomic E-state index is 0.412. The molecule has 0 saturated heterocycles. The molecule has 2 aromatic carbocycles. The van der Waals surface area contributed by atoms with E-state index in [2.05, 4.69) is 15.9 Å². The molecule has 0 aliphatic carbocycles. The first-order valence-electron chi connectivity index (χ1n) is 6.28. The van der Waals surface area contributed by atoms with Crippen LogP contribution in [0.1, 0.15) is 21.5 Å². The lowest BCUT2D eigenvalue weighted by molar-refractivity contribution is -0.114. The Labute approximate surface area is 125 Å². The van der Waals surface area contributed by atoms with Crippen molar-refractivity contribution in [1.82, 2.24) is 0 Å². The summed E-state index contributed by atoms with van der Waals surface area (Å²) in [6.45, 7) is 2.42. The van der Waals surface area contributed by atoms with Crippen molar-refractivity contribution in [2.45, 2.75) is 13.5 Å². The van der Waals surface area contributed by atoms with Crippen molar-refractivity contribution in [2.24, 2.45) is 0 Å². The van der Waals surface area contributed by atoms with Gasteiger partial charge in [0.25, 0.3) is 11.7 Å². The number of halogens is 1. The summed E-state index contributed by atoms with van der Waals surface area (Å²) in [5, 5.41) is 0. The van der Waals surface area contributed by atoms with Gasteiger partial charge in [-0.1, -0.05) is 35.9 Å². The molecule has 0 atom stereocenters. The van der Waals surface area contributed by atoms with E-state index in [1.165, 1.54) is 4.90 Å². The molecule has 1 aliphatic rings. The maximum atomic E-state index is 12.2. The van der Waals surface area contributed by atoms with E-state index in [1.54, 1.807) is 12.1 Å². The van der Waals surface area contributed by atoms with E-state index < -0.39 is 11.7 Å². The topological polar surface area (TPSA) is 37.4 Å². The average molecular weight is 330 g/mol. The number of hydrogen-bond donors (Lipinski definition) is 0. The zero-order chi connectivity index (χ0) is 14.3. The molecule has 4 heteroatoms. The molecular formula is C16H12BrNO2. The number of aryl methyl sites for hydroxylation is 1. The molecular weight excluding hydrogens is 318 g/mol. The van der Waals surface area contributed by atoms with Crippen molar-refractivity contribution in [3.05, 3.63) is 63.6 Å². The molecule has 0 aromatic heterocycles. The summed E-state index contributed by atoms with van der Waals surface area (Å²) >= 11 is 3.34. The van der Waals surface area contributed by atoms with Crippen molar-refractivity contribution in [2.75, 3.05) is 4.90 Å². The van der Waals surface area contributed by atoms with E-state index in [4.69, 9.17) is 0 Å². The summed E-state index contributed by atoms with van der Waals surface area (Å²) < 4.78 is 0.667. The number of Topliss-reactive ketones (excluding diaryl/α,β-unsaturated/α-hetero) is 1. The number of ketones is 1. The molecule has 0 fully saturated rings. The van der Waals surface area contributed by atoms with Crippen LogP contribution in [0, 0.1) is 6.92 Å². The number of nitrogens with zero attached hydrogens (tertiary/aromatic N) is 1. The fourth-order valence-corrected chi connectivity index (χ4v) is 2.99. The van der Waals surface area contributed by atoms with Crippen LogP contribution in [0.3, 0.4) is 0 Å². The molecule has 3 rings (SSSR count). The van der Waals surface area contributed by atoms with Gasteiger partial charge in [-0.25, -0.2) is 0 Å². The van der Waals surface area contributed by atoms with Gasteiger partial charge in [-0.3, -0.25) is 9.59 Å². The van der Waals surface area contributed by atoms with Gasteiger partial charge in [0, 0.05) is 4.47 Å². The van der Waals surface area contributed by atoms with Crippen molar-refractivity contribution in [3.8, 4) is 0 Å². The Hall–Kier alpha value is -1.94. The summed E-state index contributed by atoms with van der Waals surface area (Å²) in [6, 6.07) is 13.4. The largest absolute Gasteiger partial charge is 0.300 e. The van der Waals surface area contributed by atoms with Crippen molar-refractivity contribution >= 4 is 33.3 Å². The van der Waals surface area contributed by atoms with Crippen LogP contribution in [-0.4, -0.2) is 11.7 Å². The highest BCUT2D eigenvalue weighted by molar-refractivity contribution is 9.10. The standard InChI is InChI=1S/C16H12BrNO2/c1-10-4-2-5-11(8-10)9-18-13-7-3-6-12(17)14(13)15(19)16(18)20/h2-8H,9H2,1H3. The van der Waals surface area contributed by atoms with Gasteiger partial charge in [0.15, 0.2) is 0 Å². The zero-order valence-electron chi connectivity index (χ0n) is 10.9. The smallest absolute Gasteiger partial charge is 0.299 e. The quantitative estimate of drug-likeness (QED) is 0.791. The molecule has 0 bridgehead atoms. The van der Waals surface area contributed by atoms with Crippen LogP contribution >= 0.6 is 15.9 Å². The number of fused-ring (bicyclic) bond motifs is 1. The van der Waals surface area contributed by atoms with E-state index in [-0.39, 0.29) is 0 Å².